The lowest BCUT2D eigenvalue weighted by molar-refractivity contribution is 0.415. The van der Waals surface area contributed by atoms with Crippen molar-refractivity contribution in [2.75, 3.05) is 23.5 Å². The highest BCUT2D eigenvalue weighted by Crippen LogP contribution is 2.30. The summed E-state index contributed by atoms with van der Waals surface area (Å²) in [4.78, 5) is 8.52. The first kappa shape index (κ1) is 16.6. The summed E-state index contributed by atoms with van der Waals surface area (Å²) in [5, 5.41) is 6.51. The second-order valence-electron chi connectivity index (χ2n) is 5.48. The zero-order valence-corrected chi connectivity index (χ0v) is 14.3. The normalized spacial score (nSPS) is 10.3. The zero-order chi connectivity index (χ0) is 17.6. The molecule has 128 valence electrons. The molecule has 0 unspecified atom stereocenters. The second kappa shape index (κ2) is 7.53. The number of nitrogen functional groups attached to an aromatic ring is 1. The van der Waals surface area contributed by atoms with Gasteiger partial charge in [0.25, 0.3) is 0 Å². The Bertz CT molecular complexity index is 866. The van der Waals surface area contributed by atoms with Crippen LogP contribution in [0.4, 0.5) is 28.7 Å². The van der Waals surface area contributed by atoms with Gasteiger partial charge >= 0.3 is 0 Å². The van der Waals surface area contributed by atoms with E-state index in [0.29, 0.717) is 17.3 Å². The molecule has 4 N–H and O–H groups in total. The molecule has 3 rings (SSSR count). The number of nitrogens with one attached hydrogen (secondary N) is 2. The van der Waals surface area contributed by atoms with Gasteiger partial charge in [0.15, 0.2) is 11.6 Å². The Balaban J connectivity index is 1.87. The summed E-state index contributed by atoms with van der Waals surface area (Å²) in [5.74, 6) is 1.87. The van der Waals surface area contributed by atoms with Crippen LogP contribution < -0.4 is 21.1 Å². The van der Waals surface area contributed by atoms with Gasteiger partial charge in [-0.05, 0) is 30.2 Å². The third kappa shape index (κ3) is 3.80. The number of aromatic nitrogens is 2. The first-order valence-electron chi connectivity index (χ1n) is 8.07. The summed E-state index contributed by atoms with van der Waals surface area (Å²) in [5.41, 5.74) is 9.74. The molecule has 0 aliphatic heterocycles. The largest absolute Gasteiger partial charge is 0.497 e. The maximum atomic E-state index is 6.26. The highest BCUT2D eigenvalue weighted by molar-refractivity contribution is 5.80. The lowest BCUT2D eigenvalue weighted by atomic mass is 10.1. The molecule has 6 heteroatoms. The summed E-state index contributed by atoms with van der Waals surface area (Å²) < 4.78 is 5.23. The topological polar surface area (TPSA) is 85.1 Å². The molecule has 6 nitrogen and oxygen atoms in total. The lowest BCUT2D eigenvalue weighted by Crippen LogP contribution is -2.06. The molecule has 0 aliphatic rings. The van der Waals surface area contributed by atoms with Crippen LogP contribution in [0.1, 0.15) is 12.5 Å². The van der Waals surface area contributed by atoms with E-state index in [9.17, 15) is 0 Å². The van der Waals surface area contributed by atoms with Crippen molar-refractivity contribution >= 4 is 28.7 Å². The summed E-state index contributed by atoms with van der Waals surface area (Å²) in [7, 11) is 1.63. The molecule has 1 aromatic heterocycles. The van der Waals surface area contributed by atoms with E-state index >= 15 is 0 Å². The van der Waals surface area contributed by atoms with Crippen LogP contribution in [-0.2, 0) is 6.42 Å². The quantitative estimate of drug-likeness (QED) is 0.628. The fourth-order valence-electron chi connectivity index (χ4n) is 2.51. The van der Waals surface area contributed by atoms with Gasteiger partial charge in [-0.3, -0.25) is 0 Å². The van der Waals surface area contributed by atoms with Crippen LogP contribution in [0, 0.1) is 0 Å². The average Bonchev–Trinajstić information content (AvgIpc) is 2.65. The summed E-state index contributed by atoms with van der Waals surface area (Å²) in [6.45, 7) is 2.11. The fourth-order valence-corrected chi connectivity index (χ4v) is 2.51. The highest BCUT2D eigenvalue weighted by atomic mass is 16.5. The molecular formula is C19H21N5O. The van der Waals surface area contributed by atoms with Crippen LogP contribution in [0.3, 0.4) is 0 Å². The Hall–Kier alpha value is -3.28. The van der Waals surface area contributed by atoms with Gasteiger partial charge in [-0.1, -0.05) is 31.2 Å². The van der Waals surface area contributed by atoms with Crippen molar-refractivity contribution in [3.8, 4) is 5.75 Å². The molecule has 3 aromatic rings. The van der Waals surface area contributed by atoms with Gasteiger partial charge in [0.05, 0.1) is 7.11 Å². The van der Waals surface area contributed by atoms with Crippen molar-refractivity contribution in [2.24, 2.45) is 0 Å². The Labute approximate surface area is 147 Å². The van der Waals surface area contributed by atoms with Crippen molar-refractivity contribution in [1.82, 2.24) is 9.97 Å². The Morgan fingerprint density at radius 1 is 1.00 bits per heavy atom. The maximum absolute atomic E-state index is 6.26. The monoisotopic (exact) mass is 335 g/mol. The predicted octanol–water partition coefficient (Wildman–Crippen LogP) is 4.12. The summed E-state index contributed by atoms with van der Waals surface area (Å²) >= 11 is 0. The van der Waals surface area contributed by atoms with Gasteiger partial charge in [-0.25, -0.2) is 9.97 Å². The van der Waals surface area contributed by atoms with Gasteiger partial charge in [0.1, 0.15) is 17.8 Å². The number of rotatable bonds is 6. The number of para-hydroxylation sites is 1. The summed E-state index contributed by atoms with van der Waals surface area (Å²) in [6.07, 6.45) is 2.40. The Kier molecular flexibility index (Phi) is 4.99. The molecule has 25 heavy (non-hydrogen) atoms. The molecule has 0 bridgehead atoms. The van der Waals surface area contributed by atoms with Crippen LogP contribution in [0.5, 0.6) is 5.75 Å². The molecule has 0 saturated heterocycles. The highest BCUT2D eigenvalue weighted by Gasteiger charge is 2.10. The van der Waals surface area contributed by atoms with E-state index in [4.69, 9.17) is 10.5 Å². The van der Waals surface area contributed by atoms with Gasteiger partial charge in [0.2, 0.25) is 0 Å². The molecule has 0 saturated carbocycles. The van der Waals surface area contributed by atoms with Crippen LogP contribution in [0.15, 0.2) is 54.9 Å². The molecule has 0 fully saturated rings. The van der Waals surface area contributed by atoms with Crippen LogP contribution in [0.25, 0.3) is 0 Å². The van der Waals surface area contributed by atoms with Crippen molar-refractivity contribution in [3.05, 3.63) is 60.4 Å². The molecule has 0 spiro atoms. The summed E-state index contributed by atoms with van der Waals surface area (Å²) in [6, 6.07) is 15.7. The van der Waals surface area contributed by atoms with Crippen molar-refractivity contribution in [3.63, 3.8) is 0 Å². The minimum Gasteiger partial charge on any atom is -0.497 e. The number of nitrogens with two attached hydrogens (primary N) is 1. The fraction of sp³-hybridized carbons (Fsp3) is 0.158. The predicted molar refractivity (Wildman–Crippen MR) is 102 cm³/mol. The van der Waals surface area contributed by atoms with E-state index in [0.717, 1.165) is 23.5 Å². The number of ether oxygens (including phenoxy) is 1. The zero-order valence-electron chi connectivity index (χ0n) is 14.3. The van der Waals surface area contributed by atoms with E-state index < -0.39 is 0 Å². The number of anilines is 5. The van der Waals surface area contributed by atoms with Crippen molar-refractivity contribution in [2.45, 2.75) is 13.3 Å². The third-order valence-corrected chi connectivity index (χ3v) is 3.87. The third-order valence-electron chi connectivity index (χ3n) is 3.87. The van der Waals surface area contributed by atoms with Crippen LogP contribution >= 0.6 is 0 Å². The van der Waals surface area contributed by atoms with Gasteiger partial charge < -0.3 is 21.1 Å². The average molecular weight is 335 g/mol. The van der Waals surface area contributed by atoms with E-state index in [1.807, 2.05) is 42.5 Å². The number of benzene rings is 2. The van der Waals surface area contributed by atoms with Crippen molar-refractivity contribution in [1.29, 1.82) is 0 Å². The van der Waals surface area contributed by atoms with E-state index in [2.05, 4.69) is 33.6 Å². The molecule has 0 atom stereocenters. The molecule has 0 amide bonds. The van der Waals surface area contributed by atoms with E-state index in [-0.39, 0.29) is 0 Å². The number of methoxy groups -OCH3 is 1. The van der Waals surface area contributed by atoms with Crippen LogP contribution in [0.2, 0.25) is 0 Å². The molecule has 0 aliphatic carbocycles. The van der Waals surface area contributed by atoms with E-state index in [1.165, 1.54) is 11.9 Å². The maximum Gasteiger partial charge on any atom is 0.159 e. The standard InChI is InChI=1S/C19H21N5O/c1-3-13-7-4-5-10-16(13)24-19-17(20)18(21-12-22-19)23-14-8-6-9-15(11-14)25-2/h4-12H,3,20H2,1-2H3,(H2,21,22,23,24). The van der Waals surface area contributed by atoms with Gasteiger partial charge in [-0.2, -0.15) is 0 Å². The first-order valence-corrected chi connectivity index (χ1v) is 8.07. The first-order chi connectivity index (χ1) is 12.2. The van der Waals surface area contributed by atoms with Gasteiger partial charge in [0, 0.05) is 17.4 Å². The minimum absolute atomic E-state index is 0.455. The second-order valence-corrected chi connectivity index (χ2v) is 5.48. The Morgan fingerprint density at radius 3 is 2.52 bits per heavy atom. The molecule has 0 radical (unpaired) electrons. The Morgan fingerprint density at radius 2 is 1.76 bits per heavy atom. The SMILES string of the molecule is CCc1ccccc1Nc1ncnc(Nc2cccc(OC)c2)c1N. The number of aryl methyl sites for hydroxylation is 1. The number of hydrogen-bond acceptors (Lipinski definition) is 6. The number of nitrogens with zero attached hydrogens (tertiary/aromatic N) is 2. The molecular weight excluding hydrogens is 314 g/mol. The minimum atomic E-state index is 0.455. The molecule has 2 aromatic carbocycles. The lowest BCUT2D eigenvalue weighted by Gasteiger charge is -2.14. The van der Waals surface area contributed by atoms with Crippen molar-refractivity contribution < 1.29 is 4.74 Å². The van der Waals surface area contributed by atoms with E-state index in [1.54, 1.807) is 7.11 Å². The van der Waals surface area contributed by atoms with Gasteiger partial charge in [-0.15, -0.1) is 0 Å². The smallest absolute Gasteiger partial charge is 0.159 e. The van der Waals surface area contributed by atoms with Crippen LogP contribution in [-0.4, -0.2) is 17.1 Å². The molecule has 1 heterocycles. The number of hydrogen-bond donors (Lipinski definition) is 3.